The number of H-pyrrole nitrogens is 1. The summed E-state index contributed by atoms with van der Waals surface area (Å²) in [5, 5.41) is 1.08. The number of nitrogens with zero attached hydrogens (tertiary/aromatic N) is 2. The number of aryl methyl sites for hydroxylation is 1. The number of aromatic amines is 1. The van der Waals surface area contributed by atoms with Gasteiger partial charge in [0.1, 0.15) is 5.69 Å². The molecular weight excluding hydrogens is 298 g/mol. The molecule has 1 fully saturated rings. The van der Waals surface area contributed by atoms with Crippen LogP contribution in [0.4, 0.5) is 5.69 Å². The minimum absolute atomic E-state index is 0.0927. The van der Waals surface area contributed by atoms with Crippen molar-refractivity contribution in [1.29, 1.82) is 0 Å². The van der Waals surface area contributed by atoms with Crippen LogP contribution in [0.1, 0.15) is 16.1 Å². The maximum atomic E-state index is 12.7. The average Bonchev–Trinajstić information content (AvgIpc) is 3.05. The van der Waals surface area contributed by atoms with Crippen LogP contribution in [0.25, 0.3) is 10.9 Å². The van der Waals surface area contributed by atoms with Crippen LogP contribution in [0.5, 0.6) is 0 Å². The average molecular weight is 319 g/mol. The number of nitrogens with one attached hydrogen (secondary N) is 1. The highest BCUT2D eigenvalue weighted by atomic mass is 16.2. The molecule has 0 bridgehead atoms. The van der Waals surface area contributed by atoms with Crippen molar-refractivity contribution in [3.05, 3.63) is 65.9 Å². The predicted octanol–water partition coefficient (Wildman–Crippen LogP) is 3.44. The monoisotopic (exact) mass is 319 g/mol. The summed E-state index contributed by atoms with van der Waals surface area (Å²) in [6, 6.07) is 18.5. The number of fused-ring (bicyclic) bond motifs is 1. The van der Waals surface area contributed by atoms with Crippen LogP contribution in [0.2, 0.25) is 0 Å². The highest BCUT2D eigenvalue weighted by Crippen LogP contribution is 2.20. The smallest absolute Gasteiger partial charge is 0.270 e. The first kappa shape index (κ1) is 14.8. The number of carbonyl (C=O) groups is 1. The van der Waals surface area contributed by atoms with Crippen molar-refractivity contribution in [2.24, 2.45) is 0 Å². The Morgan fingerprint density at radius 2 is 1.75 bits per heavy atom. The number of amides is 1. The molecule has 1 aliphatic rings. The zero-order valence-corrected chi connectivity index (χ0v) is 13.8. The van der Waals surface area contributed by atoms with Gasteiger partial charge in [-0.05, 0) is 36.8 Å². The zero-order chi connectivity index (χ0) is 16.5. The van der Waals surface area contributed by atoms with Gasteiger partial charge in [-0.25, -0.2) is 0 Å². The molecule has 1 aromatic heterocycles. The Morgan fingerprint density at radius 1 is 0.958 bits per heavy atom. The Balaban J connectivity index is 1.46. The third-order valence-corrected chi connectivity index (χ3v) is 4.69. The third-order valence-electron chi connectivity index (χ3n) is 4.69. The van der Waals surface area contributed by atoms with Crippen LogP contribution in [0.15, 0.2) is 54.6 Å². The minimum atomic E-state index is 0.0927. The van der Waals surface area contributed by atoms with Crippen molar-refractivity contribution >= 4 is 22.5 Å². The van der Waals surface area contributed by atoms with E-state index in [0.717, 1.165) is 37.1 Å². The van der Waals surface area contributed by atoms with Crippen LogP contribution < -0.4 is 4.90 Å². The van der Waals surface area contributed by atoms with Crippen molar-refractivity contribution < 1.29 is 4.79 Å². The van der Waals surface area contributed by atoms with Gasteiger partial charge in [-0.1, -0.05) is 30.3 Å². The number of aromatic nitrogens is 1. The lowest BCUT2D eigenvalue weighted by Gasteiger charge is -2.36. The molecule has 4 rings (SSSR count). The van der Waals surface area contributed by atoms with Crippen LogP contribution in [0.3, 0.4) is 0 Å². The van der Waals surface area contributed by atoms with Gasteiger partial charge in [0.15, 0.2) is 0 Å². The lowest BCUT2D eigenvalue weighted by Crippen LogP contribution is -2.48. The molecule has 122 valence electrons. The summed E-state index contributed by atoms with van der Waals surface area (Å²) in [5.74, 6) is 0.0927. The van der Waals surface area contributed by atoms with Gasteiger partial charge in [0.2, 0.25) is 0 Å². The molecule has 4 nitrogen and oxygen atoms in total. The van der Waals surface area contributed by atoms with Crippen molar-refractivity contribution in [2.75, 3.05) is 31.1 Å². The van der Waals surface area contributed by atoms with Gasteiger partial charge in [0.25, 0.3) is 5.91 Å². The Kier molecular flexibility index (Phi) is 3.73. The van der Waals surface area contributed by atoms with E-state index in [9.17, 15) is 4.79 Å². The zero-order valence-electron chi connectivity index (χ0n) is 13.8. The Morgan fingerprint density at radius 3 is 2.50 bits per heavy atom. The summed E-state index contributed by atoms with van der Waals surface area (Å²) in [6.07, 6.45) is 0. The van der Waals surface area contributed by atoms with E-state index in [1.807, 2.05) is 35.2 Å². The molecule has 0 spiro atoms. The van der Waals surface area contributed by atoms with Gasteiger partial charge in [-0.2, -0.15) is 0 Å². The van der Waals surface area contributed by atoms with E-state index in [-0.39, 0.29) is 5.91 Å². The molecule has 1 aliphatic heterocycles. The van der Waals surface area contributed by atoms with Gasteiger partial charge in [0.05, 0.1) is 0 Å². The summed E-state index contributed by atoms with van der Waals surface area (Å²) in [6.45, 7) is 5.36. The van der Waals surface area contributed by atoms with Crippen molar-refractivity contribution in [3.63, 3.8) is 0 Å². The second kappa shape index (κ2) is 6.04. The van der Waals surface area contributed by atoms with E-state index in [0.29, 0.717) is 5.69 Å². The Bertz CT molecular complexity index is 842. The third kappa shape index (κ3) is 2.75. The minimum Gasteiger partial charge on any atom is -0.368 e. The predicted molar refractivity (Wildman–Crippen MR) is 97.6 cm³/mol. The summed E-state index contributed by atoms with van der Waals surface area (Å²) >= 11 is 0. The fourth-order valence-electron chi connectivity index (χ4n) is 3.35. The van der Waals surface area contributed by atoms with E-state index in [2.05, 4.69) is 41.1 Å². The summed E-state index contributed by atoms with van der Waals surface area (Å²) in [5.41, 5.74) is 4.20. The molecule has 4 heteroatoms. The van der Waals surface area contributed by atoms with E-state index < -0.39 is 0 Å². The molecule has 0 unspecified atom stereocenters. The van der Waals surface area contributed by atoms with Crippen LogP contribution in [-0.2, 0) is 0 Å². The molecule has 1 amide bonds. The topological polar surface area (TPSA) is 39.3 Å². The quantitative estimate of drug-likeness (QED) is 0.786. The van der Waals surface area contributed by atoms with Gasteiger partial charge < -0.3 is 14.8 Å². The van der Waals surface area contributed by atoms with Gasteiger partial charge >= 0.3 is 0 Å². The summed E-state index contributed by atoms with van der Waals surface area (Å²) in [7, 11) is 0. The number of hydrogen-bond donors (Lipinski definition) is 1. The summed E-state index contributed by atoms with van der Waals surface area (Å²) in [4.78, 5) is 20.3. The lowest BCUT2D eigenvalue weighted by atomic mass is 10.2. The first-order chi connectivity index (χ1) is 11.7. The maximum absolute atomic E-state index is 12.7. The Hall–Kier alpha value is -2.75. The molecule has 0 saturated carbocycles. The standard InChI is InChI=1S/C20H21N3O/c1-15-5-4-7-17(13-15)22-9-11-23(12-10-22)20(24)19-14-16-6-2-3-8-18(16)21-19/h2-8,13-14,21H,9-12H2,1H3. The number of hydrogen-bond acceptors (Lipinski definition) is 2. The molecule has 1 saturated heterocycles. The van der Waals surface area contributed by atoms with Gasteiger partial charge in [0, 0.05) is 42.8 Å². The molecule has 0 atom stereocenters. The lowest BCUT2D eigenvalue weighted by molar-refractivity contribution is 0.0742. The van der Waals surface area contributed by atoms with Crippen molar-refractivity contribution in [3.8, 4) is 0 Å². The van der Waals surface area contributed by atoms with Crippen LogP contribution in [-0.4, -0.2) is 42.0 Å². The number of benzene rings is 2. The second-order valence-electron chi connectivity index (χ2n) is 6.39. The molecule has 24 heavy (non-hydrogen) atoms. The first-order valence-corrected chi connectivity index (χ1v) is 8.39. The maximum Gasteiger partial charge on any atom is 0.270 e. The number of para-hydroxylation sites is 1. The van der Waals surface area contributed by atoms with Gasteiger partial charge in [-0.3, -0.25) is 4.79 Å². The molecule has 0 radical (unpaired) electrons. The summed E-state index contributed by atoms with van der Waals surface area (Å²) < 4.78 is 0. The highest BCUT2D eigenvalue weighted by molar-refractivity contribution is 5.98. The van der Waals surface area contributed by atoms with E-state index >= 15 is 0 Å². The van der Waals surface area contributed by atoms with E-state index in [1.165, 1.54) is 11.3 Å². The molecule has 1 N–H and O–H groups in total. The molecule has 2 aromatic carbocycles. The number of carbonyl (C=O) groups excluding carboxylic acids is 1. The van der Waals surface area contributed by atoms with Gasteiger partial charge in [-0.15, -0.1) is 0 Å². The van der Waals surface area contributed by atoms with E-state index in [1.54, 1.807) is 0 Å². The second-order valence-corrected chi connectivity index (χ2v) is 6.39. The van der Waals surface area contributed by atoms with Crippen LogP contribution >= 0.6 is 0 Å². The van der Waals surface area contributed by atoms with Crippen molar-refractivity contribution in [2.45, 2.75) is 6.92 Å². The first-order valence-electron chi connectivity index (χ1n) is 8.39. The van der Waals surface area contributed by atoms with Crippen molar-refractivity contribution in [1.82, 2.24) is 9.88 Å². The van der Waals surface area contributed by atoms with Crippen LogP contribution in [0, 0.1) is 6.92 Å². The number of anilines is 1. The fourth-order valence-corrected chi connectivity index (χ4v) is 3.35. The van der Waals surface area contributed by atoms with E-state index in [4.69, 9.17) is 0 Å². The normalized spacial score (nSPS) is 15.0. The number of rotatable bonds is 2. The fraction of sp³-hybridized carbons (Fsp3) is 0.250. The molecule has 0 aliphatic carbocycles. The molecule has 3 aromatic rings. The molecule has 2 heterocycles. The largest absolute Gasteiger partial charge is 0.368 e. The Labute approximate surface area is 141 Å². The number of piperazine rings is 1. The highest BCUT2D eigenvalue weighted by Gasteiger charge is 2.23. The SMILES string of the molecule is Cc1cccc(N2CCN(C(=O)c3cc4ccccc4[nH]3)CC2)c1. The molecular formula is C20H21N3O.